The molecule has 0 saturated carbocycles. The van der Waals surface area contributed by atoms with E-state index in [0.29, 0.717) is 17.1 Å². The van der Waals surface area contributed by atoms with Gasteiger partial charge in [0.1, 0.15) is 0 Å². The van der Waals surface area contributed by atoms with Crippen molar-refractivity contribution in [1.82, 2.24) is 19.5 Å². The van der Waals surface area contributed by atoms with Crippen molar-refractivity contribution in [3.8, 4) is 0 Å². The van der Waals surface area contributed by atoms with Crippen molar-refractivity contribution in [3.63, 3.8) is 0 Å². The number of nitrogens with one attached hydrogen (secondary N) is 2. The highest BCUT2D eigenvalue weighted by Crippen LogP contribution is 2.19. The summed E-state index contributed by atoms with van der Waals surface area (Å²) in [5, 5.41) is 3.20. The quantitative estimate of drug-likeness (QED) is 0.538. The normalized spacial score (nSPS) is 11.2. The van der Waals surface area contributed by atoms with Crippen LogP contribution in [0.2, 0.25) is 0 Å². The molecule has 2 N–H and O–H groups in total. The molecule has 3 aromatic rings. The Labute approximate surface area is 163 Å². The first-order chi connectivity index (χ1) is 13.1. The van der Waals surface area contributed by atoms with Crippen molar-refractivity contribution in [3.05, 3.63) is 46.0 Å². The third kappa shape index (κ3) is 4.71. The lowest BCUT2D eigenvalue weighted by atomic mass is 10.1. The number of hydrogen-bond donors (Lipinski definition) is 2. The van der Waals surface area contributed by atoms with Gasteiger partial charge >= 0.3 is 0 Å². The van der Waals surface area contributed by atoms with E-state index in [1.165, 1.54) is 23.3 Å². The largest absolute Gasteiger partial charge is 0.326 e. The van der Waals surface area contributed by atoms with Gasteiger partial charge in [0.15, 0.2) is 11.2 Å². The number of unbranched alkanes of at least 4 members (excludes halogenated alkanes) is 2. The van der Waals surface area contributed by atoms with E-state index < -0.39 is 0 Å². The molecule has 6 nitrogen and oxygen atoms in total. The number of aromatic nitrogens is 4. The van der Waals surface area contributed by atoms with Gasteiger partial charge in [0.2, 0.25) is 5.95 Å². The van der Waals surface area contributed by atoms with Gasteiger partial charge < -0.3 is 9.88 Å². The van der Waals surface area contributed by atoms with E-state index in [0.717, 1.165) is 31.5 Å². The van der Waals surface area contributed by atoms with E-state index in [-0.39, 0.29) is 5.56 Å². The molecule has 27 heavy (non-hydrogen) atoms. The zero-order valence-corrected chi connectivity index (χ0v) is 17.0. The van der Waals surface area contributed by atoms with Crippen LogP contribution in [0.3, 0.4) is 0 Å². The molecular formula is C20H27N5OS. The first-order valence-electron chi connectivity index (χ1n) is 9.43. The fourth-order valence-electron chi connectivity index (χ4n) is 3.19. The van der Waals surface area contributed by atoms with E-state index in [2.05, 4.69) is 52.5 Å². The molecule has 0 atom stereocenters. The van der Waals surface area contributed by atoms with Gasteiger partial charge in [-0.2, -0.15) is 16.7 Å². The van der Waals surface area contributed by atoms with Crippen LogP contribution in [0.25, 0.3) is 11.2 Å². The molecule has 7 heteroatoms. The zero-order chi connectivity index (χ0) is 19.2. The molecule has 0 unspecified atom stereocenters. The standard InChI is InChI=1S/C20H27N5OS/c1-4-15-12-16(9-8-14(15)2)22-20-23-18-17(19(26)24-20)25(13-21-18)10-6-5-7-11-27-3/h8-9,12-13H,4-7,10-11H2,1-3H3,(H2,22,23,24,26). The number of hydrogen-bond acceptors (Lipinski definition) is 5. The minimum atomic E-state index is -0.160. The SMILES string of the molecule is CCc1cc(Nc2nc3ncn(CCCCCSC)c3c(=O)[nH]2)ccc1C. The van der Waals surface area contributed by atoms with Crippen LogP contribution < -0.4 is 10.9 Å². The average Bonchev–Trinajstić information content (AvgIpc) is 3.06. The Morgan fingerprint density at radius 3 is 2.89 bits per heavy atom. The maximum Gasteiger partial charge on any atom is 0.278 e. The van der Waals surface area contributed by atoms with Crippen LogP contribution in [-0.2, 0) is 13.0 Å². The van der Waals surface area contributed by atoms with Gasteiger partial charge in [-0.05, 0) is 61.5 Å². The van der Waals surface area contributed by atoms with Crippen LogP contribution in [-0.4, -0.2) is 31.5 Å². The van der Waals surface area contributed by atoms with Gasteiger partial charge in [0.05, 0.1) is 6.33 Å². The Morgan fingerprint density at radius 1 is 1.26 bits per heavy atom. The van der Waals surface area contributed by atoms with Gasteiger partial charge in [0, 0.05) is 12.2 Å². The highest BCUT2D eigenvalue weighted by Gasteiger charge is 2.11. The molecule has 1 aromatic carbocycles. The number of nitrogens with zero attached hydrogens (tertiary/aromatic N) is 3. The van der Waals surface area contributed by atoms with E-state index in [4.69, 9.17) is 0 Å². The summed E-state index contributed by atoms with van der Waals surface area (Å²) in [6.45, 7) is 5.02. The summed E-state index contributed by atoms with van der Waals surface area (Å²) in [6.07, 6.45) is 8.19. The molecule has 2 aromatic heterocycles. The average molecular weight is 386 g/mol. The third-order valence-corrected chi connectivity index (χ3v) is 5.42. The summed E-state index contributed by atoms with van der Waals surface area (Å²) >= 11 is 1.87. The predicted octanol–water partition coefficient (Wildman–Crippen LogP) is 4.27. The molecule has 0 radical (unpaired) electrons. The minimum absolute atomic E-state index is 0.160. The lowest BCUT2D eigenvalue weighted by Crippen LogP contribution is -2.14. The molecular weight excluding hydrogens is 358 g/mol. The maximum atomic E-state index is 12.6. The molecule has 0 saturated heterocycles. The third-order valence-electron chi connectivity index (χ3n) is 4.72. The van der Waals surface area contributed by atoms with Crippen LogP contribution in [0.5, 0.6) is 0 Å². The second kappa shape index (κ2) is 9.08. The summed E-state index contributed by atoms with van der Waals surface area (Å²) in [4.78, 5) is 24.2. The van der Waals surface area contributed by atoms with Gasteiger partial charge in [-0.15, -0.1) is 0 Å². The lowest BCUT2D eigenvalue weighted by molar-refractivity contribution is 0.614. The fourth-order valence-corrected chi connectivity index (χ4v) is 3.68. The number of thioether (sulfide) groups is 1. The summed E-state index contributed by atoms with van der Waals surface area (Å²) in [6, 6.07) is 6.15. The van der Waals surface area contributed by atoms with E-state index in [1.54, 1.807) is 6.33 Å². The van der Waals surface area contributed by atoms with Gasteiger partial charge in [-0.1, -0.05) is 19.4 Å². The van der Waals surface area contributed by atoms with Crippen molar-refractivity contribution in [2.24, 2.45) is 0 Å². The Kier molecular flexibility index (Phi) is 6.55. The molecule has 0 aliphatic heterocycles. The van der Waals surface area contributed by atoms with Gasteiger partial charge in [-0.3, -0.25) is 9.78 Å². The number of anilines is 2. The van der Waals surface area contributed by atoms with E-state index in [1.807, 2.05) is 22.4 Å². The summed E-state index contributed by atoms with van der Waals surface area (Å²) < 4.78 is 1.91. The highest BCUT2D eigenvalue weighted by molar-refractivity contribution is 7.98. The maximum absolute atomic E-state index is 12.6. The second-order valence-corrected chi connectivity index (χ2v) is 7.68. The molecule has 0 fully saturated rings. The van der Waals surface area contributed by atoms with E-state index in [9.17, 15) is 4.79 Å². The van der Waals surface area contributed by atoms with Gasteiger partial charge in [-0.25, -0.2) is 4.98 Å². The lowest BCUT2D eigenvalue weighted by Gasteiger charge is -2.09. The van der Waals surface area contributed by atoms with Crippen molar-refractivity contribution in [1.29, 1.82) is 0 Å². The Balaban J connectivity index is 1.76. The number of fused-ring (bicyclic) bond motifs is 1. The van der Waals surface area contributed by atoms with Crippen LogP contribution in [0.1, 0.15) is 37.3 Å². The van der Waals surface area contributed by atoms with Crippen LogP contribution >= 0.6 is 11.8 Å². The molecule has 144 valence electrons. The number of imidazole rings is 1. The van der Waals surface area contributed by atoms with Gasteiger partial charge in [0.25, 0.3) is 5.56 Å². The van der Waals surface area contributed by atoms with Crippen molar-refractivity contribution in [2.45, 2.75) is 46.1 Å². The topological polar surface area (TPSA) is 75.6 Å². The first kappa shape index (κ1) is 19.5. The summed E-state index contributed by atoms with van der Waals surface area (Å²) in [5.41, 5.74) is 4.31. The van der Waals surface area contributed by atoms with Crippen LogP contribution in [0, 0.1) is 6.92 Å². The number of rotatable bonds is 9. The van der Waals surface area contributed by atoms with Crippen molar-refractivity contribution >= 4 is 34.6 Å². The summed E-state index contributed by atoms with van der Waals surface area (Å²) in [7, 11) is 0. The van der Waals surface area contributed by atoms with Crippen LogP contribution in [0.15, 0.2) is 29.3 Å². The number of H-pyrrole nitrogens is 1. The molecule has 0 bridgehead atoms. The Morgan fingerprint density at radius 2 is 2.11 bits per heavy atom. The summed E-state index contributed by atoms with van der Waals surface area (Å²) in [5.74, 6) is 1.60. The number of aromatic amines is 1. The predicted molar refractivity (Wildman–Crippen MR) is 114 cm³/mol. The van der Waals surface area contributed by atoms with Crippen LogP contribution in [0.4, 0.5) is 11.6 Å². The molecule has 3 rings (SSSR count). The molecule has 0 spiro atoms. The van der Waals surface area contributed by atoms with Crippen molar-refractivity contribution in [2.75, 3.05) is 17.3 Å². The zero-order valence-electron chi connectivity index (χ0n) is 16.2. The second-order valence-electron chi connectivity index (χ2n) is 6.70. The first-order valence-corrected chi connectivity index (χ1v) is 10.8. The molecule has 0 aliphatic carbocycles. The monoisotopic (exact) mass is 385 g/mol. The Hall–Kier alpha value is -2.28. The number of aryl methyl sites for hydroxylation is 3. The fraction of sp³-hybridized carbons (Fsp3) is 0.450. The van der Waals surface area contributed by atoms with E-state index >= 15 is 0 Å². The number of benzene rings is 1. The smallest absolute Gasteiger partial charge is 0.278 e. The minimum Gasteiger partial charge on any atom is -0.326 e. The molecule has 2 heterocycles. The molecule has 0 amide bonds. The molecule has 0 aliphatic rings. The van der Waals surface area contributed by atoms with Crippen molar-refractivity contribution < 1.29 is 0 Å². The Bertz CT molecular complexity index is 963. The highest BCUT2D eigenvalue weighted by atomic mass is 32.2.